The van der Waals surface area contributed by atoms with E-state index >= 15 is 0 Å². The maximum atomic E-state index is 11.6. The van der Waals surface area contributed by atoms with Gasteiger partial charge in [0.2, 0.25) is 0 Å². The SMILES string of the molecule is Cn1nccc1-n1cccc(N)c1=O.Cn1nccc1Br.Nc1ccc[nH]c1=O. The van der Waals surface area contributed by atoms with Gasteiger partial charge in [0.25, 0.3) is 11.1 Å². The monoisotopic (exact) mass is 460 g/mol. The molecule has 0 aliphatic heterocycles. The molecule has 0 unspecified atom stereocenters. The van der Waals surface area contributed by atoms with E-state index in [-0.39, 0.29) is 22.5 Å². The van der Waals surface area contributed by atoms with Gasteiger partial charge in [-0.15, -0.1) is 0 Å². The van der Waals surface area contributed by atoms with E-state index in [0.29, 0.717) is 5.82 Å². The molecule has 0 saturated heterocycles. The van der Waals surface area contributed by atoms with Gasteiger partial charge in [0.05, 0.1) is 23.8 Å². The van der Waals surface area contributed by atoms with Crippen molar-refractivity contribution in [3.63, 3.8) is 0 Å². The van der Waals surface area contributed by atoms with Crippen LogP contribution in [-0.2, 0) is 14.1 Å². The smallest absolute Gasteiger partial charge is 0.279 e. The maximum Gasteiger partial charge on any atom is 0.279 e. The molecule has 10 nitrogen and oxygen atoms in total. The van der Waals surface area contributed by atoms with Gasteiger partial charge in [0.15, 0.2) is 0 Å². The standard InChI is InChI=1S/C9H10N4O.C5H6N2O.C4H5BrN2/c1-12-8(4-5-11-12)13-6-2-3-7(10)9(13)14;6-4-2-1-3-7-5(4)8;1-7-4(5)2-3-6-7/h2-6H,10H2,1H3;1-3H,6H2,(H,7,8);2-3H,1H3. The van der Waals surface area contributed by atoms with Crippen LogP contribution in [0.4, 0.5) is 11.4 Å². The Labute approximate surface area is 174 Å². The first kappa shape index (κ1) is 21.7. The number of aromatic nitrogens is 6. The molecule has 4 rings (SSSR count). The predicted molar refractivity (Wildman–Crippen MR) is 116 cm³/mol. The van der Waals surface area contributed by atoms with Crippen LogP contribution in [0.2, 0.25) is 0 Å². The predicted octanol–water partition coefficient (Wildman–Crippen LogP) is 1.29. The minimum absolute atomic E-state index is 0.226. The highest BCUT2D eigenvalue weighted by molar-refractivity contribution is 9.10. The second kappa shape index (κ2) is 10.1. The number of hydrogen-bond acceptors (Lipinski definition) is 6. The Hall–Kier alpha value is -3.60. The van der Waals surface area contributed by atoms with Crippen LogP contribution in [0, 0.1) is 0 Å². The number of rotatable bonds is 1. The zero-order chi connectivity index (χ0) is 21.4. The third-order valence-electron chi connectivity index (χ3n) is 3.63. The molecule has 0 bridgehead atoms. The summed E-state index contributed by atoms with van der Waals surface area (Å²) in [5.41, 5.74) is 10.7. The Morgan fingerprint density at radius 1 is 0.931 bits per heavy atom. The van der Waals surface area contributed by atoms with E-state index in [2.05, 4.69) is 31.1 Å². The van der Waals surface area contributed by atoms with E-state index in [4.69, 9.17) is 11.5 Å². The molecule has 0 aromatic carbocycles. The summed E-state index contributed by atoms with van der Waals surface area (Å²) < 4.78 is 5.83. The highest BCUT2D eigenvalue weighted by Gasteiger charge is 2.04. The number of hydrogen-bond donors (Lipinski definition) is 3. The highest BCUT2D eigenvalue weighted by atomic mass is 79.9. The first-order valence-corrected chi connectivity index (χ1v) is 9.12. The second-order valence-corrected chi connectivity index (χ2v) is 6.50. The molecule has 0 atom stereocenters. The van der Waals surface area contributed by atoms with E-state index in [9.17, 15) is 9.59 Å². The number of anilines is 2. The molecule has 5 N–H and O–H groups in total. The lowest BCUT2D eigenvalue weighted by Gasteiger charge is -2.05. The summed E-state index contributed by atoms with van der Waals surface area (Å²) in [7, 11) is 3.65. The number of halogens is 1. The average Bonchev–Trinajstić information content (AvgIpc) is 3.29. The van der Waals surface area contributed by atoms with Gasteiger partial charge >= 0.3 is 0 Å². The van der Waals surface area contributed by atoms with Crippen LogP contribution in [0.15, 0.2) is 75.4 Å². The van der Waals surface area contributed by atoms with Gasteiger partial charge < -0.3 is 16.5 Å². The van der Waals surface area contributed by atoms with E-state index in [1.165, 1.54) is 4.57 Å². The van der Waals surface area contributed by atoms with E-state index in [1.807, 2.05) is 13.1 Å². The summed E-state index contributed by atoms with van der Waals surface area (Å²) in [4.78, 5) is 24.5. The lowest BCUT2D eigenvalue weighted by molar-refractivity contribution is 0.722. The molecule has 4 aromatic rings. The highest BCUT2D eigenvalue weighted by Crippen LogP contribution is 2.04. The first-order chi connectivity index (χ1) is 13.8. The van der Waals surface area contributed by atoms with Gasteiger partial charge in [-0.2, -0.15) is 10.2 Å². The van der Waals surface area contributed by atoms with Crippen LogP contribution in [0.3, 0.4) is 0 Å². The number of nitrogens with two attached hydrogens (primary N) is 2. The van der Waals surface area contributed by atoms with Crippen LogP contribution in [0.5, 0.6) is 0 Å². The van der Waals surface area contributed by atoms with Crippen LogP contribution in [0.1, 0.15) is 0 Å². The average molecular weight is 461 g/mol. The zero-order valence-corrected chi connectivity index (χ0v) is 17.4. The normalized spacial score (nSPS) is 9.76. The topological polar surface area (TPSA) is 143 Å². The number of H-pyrrole nitrogens is 1. The van der Waals surface area contributed by atoms with Gasteiger partial charge in [-0.05, 0) is 46.3 Å². The van der Waals surface area contributed by atoms with Crippen molar-refractivity contribution in [2.45, 2.75) is 0 Å². The molecule has 0 radical (unpaired) electrons. The third-order valence-corrected chi connectivity index (χ3v) is 4.41. The van der Waals surface area contributed by atoms with Gasteiger partial charge in [0.1, 0.15) is 10.4 Å². The molecule has 152 valence electrons. The van der Waals surface area contributed by atoms with Crippen LogP contribution >= 0.6 is 15.9 Å². The minimum Gasteiger partial charge on any atom is -0.394 e. The van der Waals surface area contributed by atoms with Crippen LogP contribution in [0.25, 0.3) is 5.82 Å². The Morgan fingerprint density at radius 3 is 2.03 bits per heavy atom. The van der Waals surface area contributed by atoms with E-state index in [0.717, 1.165) is 4.60 Å². The van der Waals surface area contributed by atoms with Gasteiger partial charge in [0, 0.05) is 32.6 Å². The Balaban J connectivity index is 0.000000170. The second-order valence-electron chi connectivity index (χ2n) is 5.68. The Morgan fingerprint density at radius 2 is 1.59 bits per heavy atom. The third kappa shape index (κ3) is 5.94. The lowest BCUT2D eigenvalue weighted by atomic mass is 10.4. The van der Waals surface area contributed by atoms with E-state index < -0.39 is 0 Å². The quantitative estimate of drug-likeness (QED) is 0.390. The fraction of sp³-hybridized carbons (Fsp3) is 0.111. The van der Waals surface area contributed by atoms with Crippen molar-refractivity contribution in [3.8, 4) is 5.82 Å². The van der Waals surface area contributed by atoms with Crippen molar-refractivity contribution < 1.29 is 0 Å². The number of pyridine rings is 2. The summed E-state index contributed by atoms with van der Waals surface area (Å²) in [5, 5.41) is 7.87. The molecule has 4 heterocycles. The maximum absolute atomic E-state index is 11.6. The number of nitrogens with zero attached hydrogens (tertiary/aromatic N) is 5. The van der Waals surface area contributed by atoms with Crippen molar-refractivity contribution in [2.75, 3.05) is 11.5 Å². The fourth-order valence-electron chi connectivity index (χ4n) is 2.09. The summed E-state index contributed by atoms with van der Waals surface area (Å²) in [5.74, 6) is 0.697. The number of nitrogens with one attached hydrogen (secondary N) is 1. The number of aromatic amines is 1. The van der Waals surface area contributed by atoms with Gasteiger partial charge in [-0.1, -0.05) is 0 Å². The summed E-state index contributed by atoms with van der Waals surface area (Å²) in [6, 6.07) is 10.2. The summed E-state index contributed by atoms with van der Waals surface area (Å²) >= 11 is 3.27. The molecule has 0 amide bonds. The Kier molecular flexibility index (Phi) is 7.54. The molecule has 0 spiro atoms. The summed E-state index contributed by atoms with van der Waals surface area (Å²) in [6.45, 7) is 0. The summed E-state index contributed by atoms with van der Waals surface area (Å²) in [6.07, 6.45) is 6.57. The molecular formula is C18H21BrN8O2. The number of nitrogen functional groups attached to an aromatic ring is 2. The molecular weight excluding hydrogens is 440 g/mol. The van der Waals surface area contributed by atoms with E-state index in [1.54, 1.807) is 71.5 Å². The first-order valence-electron chi connectivity index (χ1n) is 8.33. The number of aryl methyl sites for hydroxylation is 2. The molecule has 0 fully saturated rings. The Bertz CT molecular complexity index is 1160. The van der Waals surface area contributed by atoms with Gasteiger partial charge in [-0.3, -0.25) is 23.5 Å². The lowest BCUT2D eigenvalue weighted by Crippen LogP contribution is -2.22. The van der Waals surface area contributed by atoms with Crippen molar-refractivity contribution in [3.05, 3.63) is 86.5 Å². The fourth-order valence-corrected chi connectivity index (χ4v) is 2.30. The van der Waals surface area contributed by atoms with Crippen molar-refractivity contribution in [1.29, 1.82) is 0 Å². The van der Waals surface area contributed by atoms with Crippen molar-refractivity contribution in [1.82, 2.24) is 29.1 Å². The molecule has 0 aliphatic rings. The molecule has 4 aromatic heterocycles. The van der Waals surface area contributed by atoms with Crippen LogP contribution < -0.4 is 22.6 Å². The minimum atomic E-state index is -0.229. The largest absolute Gasteiger partial charge is 0.394 e. The molecule has 11 heteroatoms. The molecule has 0 saturated carbocycles. The van der Waals surface area contributed by atoms with Gasteiger partial charge in [-0.25, -0.2) is 0 Å². The van der Waals surface area contributed by atoms with Crippen molar-refractivity contribution >= 4 is 27.3 Å². The molecule has 0 aliphatic carbocycles. The van der Waals surface area contributed by atoms with Crippen LogP contribution in [-0.4, -0.2) is 29.1 Å². The van der Waals surface area contributed by atoms with Crippen molar-refractivity contribution in [2.24, 2.45) is 14.1 Å². The molecule has 29 heavy (non-hydrogen) atoms. The zero-order valence-electron chi connectivity index (χ0n) is 15.9.